The maximum absolute atomic E-state index is 12.5. The van der Waals surface area contributed by atoms with Crippen LogP contribution in [0.3, 0.4) is 0 Å². The Labute approximate surface area is 260 Å². The lowest BCUT2D eigenvalue weighted by atomic mass is 9.95. The number of benzene rings is 4. The molecule has 0 radical (unpaired) electrons. The Morgan fingerprint density at radius 2 is 1.07 bits per heavy atom. The van der Waals surface area contributed by atoms with Gasteiger partial charge in [0, 0.05) is 35.2 Å². The van der Waals surface area contributed by atoms with Crippen LogP contribution in [0.4, 0.5) is 5.69 Å². The first-order chi connectivity index (χ1) is 21.1. The lowest BCUT2D eigenvalue weighted by molar-refractivity contribution is 0.0504. The van der Waals surface area contributed by atoms with Gasteiger partial charge in [0.05, 0.1) is 12.2 Å². The highest BCUT2D eigenvalue weighted by atomic mass is 16.5. The molecule has 4 aromatic carbocycles. The van der Waals surface area contributed by atoms with E-state index < -0.39 is 0 Å². The van der Waals surface area contributed by atoms with Crippen molar-refractivity contribution in [2.45, 2.75) is 60.8 Å². The number of ether oxygens (including phenoxy) is 1. The molecule has 1 N–H and O–H groups in total. The van der Waals surface area contributed by atoms with Crippen LogP contribution in [0.15, 0.2) is 84.9 Å². The monoisotopic (exact) mass is 591 g/mol. The molecular formula is C38H41NO5. The number of hydrogen-bond acceptors (Lipinski definition) is 5. The van der Waals surface area contributed by atoms with Crippen LogP contribution in [0, 0.1) is 20.8 Å². The minimum absolute atomic E-state index is 0.0737. The van der Waals surface area contributed by atoms with Crippen LogP contribution in [0.2, 0.25) is 0 Å². The van der Waals surface area contributed by atoms with E-state index in [1.54, 1.807) is 48.5 Å². The van der Waals surface area contributed by atoms with Gasteiger partial charge in [0.25, 0.3) is 5.91 Å². The van der Waals surface area contributed by atoms with E-state index in [-0.39, 0.29) is 23.4 Å². The summed E-state index contributed by atoms with van der Waals surface area (Å²) in [6, 6.07) is 25.8. The average Bonchev–Trinajstić information content (AvgIpc) is 3.03. The van der Waals surface area contributed by atoms with Crippen LogP contribution in [-0.4, -0.2) is 30.0 Å². The van der Waals surface area contributed by atoms with E-state index in [0.717, 1.165) is 23.2 Å². The van der Waals surface area contributed by atoms with Gasteiger partial charge in [0.1, 0.15) is 0 Å². The van der Waals surface area contributed by atoms with E-state index in [1.165, 1.54) is 16.7 Å². The lowest BCUT2D eigenvalue weighted by Gasteiger charge is -2.13. The molecule has 6 nitrogen and oxygen atoms in total. The van der Waals surface area contributed by atoms with E-state index in [4.69, 9.17) is 4.74 Å². The van der Waals surface area contributed by atoms with Crippen molar-refractivity contribution in [2.24, 2.45) is 0 Å². The predicted molar refractivity (Wildman–Crippen MR) is 177 cm³/mol. The average molecular weight is 592 g/mol. The zero-order valence-electron chi connectivity index (χ0n) is 26.5. The predicted octanol–water partition coefficient (Wildman–Crippen LogP) is 8.97. The summed E-state index contributed by atoms with van der Waals surface area (Å²) < 4.78 is 4.98. The van der Waals surface area contributed by atoms with Crippen LogP contribution >= 0.6 is 0 Å². The molecule has 44 heavy (non-hydrogen) atoms. The molecule has 0 aliphatic carbocycles. The first kappa shape index (κ1) is 33.7. The number of carbonyl (C=O) groups excluding carboxylic acids is 4. The topological polar surface area (TPSA) is 89.5 Å². The van der Waals surface area contributed by atoms with Crippen molar-refractivity contribution in [1.29, 1.82) is 0 Å². The quantitative estimate of drug-likeness (QED) is 0.147. The van der Waals surface area contributed by atoms with E-state index in [2.05, 4.69) is 44.3 Å². The Morgan fingerprint density at radius 3 is 1.55 bits per heavy atom. The Kier molecular flexibility index (Phi) is 12.3. The summed E-state index contributed by atoms with van der Waals surface area (Å²) >= 11 is 0. The van der Waals surface area contributed by atoms with E-state index in [1.807, 2.05) is 39.0 Å². The van der Waals surface area contributed by atoms with Gasteiger partial charge in [0.15, 0.2) is 11.6 Å². The molecule has 0 aliphatic heterocycles. The van der Waals surface area contributed by atoms with Gasteiger partial charge in [-0.15, -0.1) is 0 Å². The van der Waals surface area contributed by atoms with Gasteiger partial charge in [-0.2, -0.15) is 0 Å². The van der Waals surface area contributed by atoms with Gasteiger partial charge in [0.2, 0.25) is 0 Å². The molecule has 0 unspecified atom stereocenters. The number of hydrogen-bond donors (Lipinski definition) is 1. The van der Waals surface area contributed by atoms with Crippen LogP contribution in [-0.2, 0) is 4.74 Å². The van der Waals surface area contributed by atoms with Crippen molar-refractivity contribution >= 4 is 29.1 Å². The normalized spacial score (nSPS) is 10.3. The summed E-state index contributed by atoms with van der Waals surface area (Å²) in [5, 5.41) is 2.94. The van der Waals surface area contributed by atoms with Crippen LogP contribution in [0.5, 0.6) is 0 Å². The molecular weight excluding hydrogens is 550 g/mol. The van der Waals surface area contributed by atoms with Crippen LogP contribution in [0.25, 0.3) is 11.1 Å². The molecule has 0 bridgehead atoms. The molecule has 6 heteroatoms. The Morgan fingerprint density at radius 1 is 0.591 bits per heavy atom. The summed E-state index contributed by atoms with van der Waals surface area (Å²) in [5.41, 5.74) is 9.00. The molecule has 0 aromatic heterocycles. The largest absolute Gasteiger partial charge is 0.462 e. The van der Waals surface area contributed by atoms with Gasteiger partial charge in [-0.1, -0.05) is 74.9 Å². The van der Waals surface area contributed by atoms with Gasteiger partial charge in [-0.05, 0) is 85.8 Å². The number of carbonyl (C=O) groups is 4. The Hall–Kier alpha value is -4.84. The summed E-state index contributed by atoms with van der Waals surface area (Å²) in [5.74, 6) is -0.371. The van der Waals surface area contributed by atoms with E-state index >= 15 is 0 Å². The molecule has 0 heterocycles. The fraction of sp³-hybridized carbons (Fsp3) is 0.263. The zero-order valence-corrected chi connectivity index (χ0v) is 26.5. The fourth-order valence-corrected chi connectivity index (χ4v) is 4.65. The fourth-order valence-electron chi connectivity index (χ4n) is 4.65. The highest BCUT2D eigenvalue weighted by molar-refractivity contribution is 6.05. The third kappa shape index (κ3) is 9.08. The van der Waals surface area contributed by atoms with E-state index in [0.29, 0.717) is 41.7 Å². The van der Waals surface area contributed by atoms with Gasteiger partial charge in [-0.25, -0.2) is 4.79 Å². The third-order valence-corrected chi connectivity index (χ3v) is 7.15. The number of aryl methyl sites for hydroxylation is 3. The lowest BCUT2D eigenvalue weighted by Crippen LogP contribution is -2.12. The van der Waals surface area contributed by atoms with E-state index in [9.17, 15) is 19.2 Å². The second-order valence-corrected chi connectivity index (χ2v) is 10.6. The minimum Gasteiger partial charge on any atom is -0.462 e. The van der Waals surface area contributed by atoms with Gasteiger partial charge in [-0.3, -0.25) is 14.4 Å². The number of anilines is 1. The summed E-state index contributed by atoms with van der Waals surface area (Å²) in [6.07, 6.45) is 1.73. The maximum Gasteiger partial charge on any atom is 0.338 e. The van der Waals surface area contributed by atoms with Crippen molar-refractivity contribution < 1.29 is 23.9 Å². The summed E-state index contributed by atoms with van der Waals surface area (Å²) in [7, 11) is 0. The Balaban J connectivity index is 0.000000281. The van der Waals surface area contributed by atoms with Crippen molar-refractivity contribution in [3.8, 4) is 11.1 Å². The molecule has 0 aliphatic rings. The van der Waals surface area contributed by atoms with Crippen molar-refractivity contribution in [3.05, 3.63) is 124 Å². The molecule has 0 saturated carbocycles. The number of Topliss-reactive ketones (excluding diaryl/α,β-unsaturated/α-hetero) is 2. The molecule has 1 amide bonds. The molecule has 228 valence electrons. The smallest absolute Gasteiger partial charge is 0.338 e. The second-order valence-electron chi connectivity index (χ2n) is 10.6. The third-order valence-electron chi connectivity index (χ3n) is 7.15. The van der Waals surface area contributed by atoms with Crippen molar-refractivity contribution in [3.63, 3.8) is 0 Å². The number of amides is 1. The van der Waals surface area contributed by atoms with Crippen LogP contribution < -0.4 is 5.32 Å². The molecule has 0 spiro atoms. The number of ketones is 2. The first-order valence-corrected chi connectivity index (χ1v) is 15.0. The van der Waals surface area contributed by atoms with Crippen molar-refractivity contribution in [2.75, 3.05) is 11.9 Å². The summed E-state index contributed by atoms with van der Waals surface area (Å²) in [6.45, 7) is 12.3. The number of esters is 1. The minimum atomic E-state index is -0.336. The second kappa shape index (κ2) is 16.1. The SMILES string of the molecule is CCC(=O)c1ccc(C(=O)Nc2ccc(-c3ccc(C)cc3C)c(C)c2)cc1.CCCOC(=O)c1ccc(C(=O)CC)cc1. The standard InChI is InChI=1S/C25H25NO2.C13H16O3/c1-5-24(27)19-7-9-20(10-8-19)25(28)26-21-11-13-23(18(4)15-21)22-12-6-16(2)14-17(22)3;1-3-9-16-13(15)11-7-5-10(6-8-11)12(14)4-2/h6-15H,5H2,1-4H3,(H,26,28);5-8H,3-4,9H2,1-2H3. The molecule has 4 aromatic rings. The summed E-state index contributed by atoms with van der Waals surface area (Å²) in [4.78, 5) is 47.0. The molecule has 0 fully saturated rings. The van der Waals surface area contributed by atoms with Crippen molar-refractivity contribution in [1.82, 2.24) is 0 Å². The molecule has 4 rings (SSSR count). The number of nitrogens with one attached hydrogen (secondary N) is 1. The zero-order chi connectivity index (χ0) is 32.2. The first-order valence-electron chi connectivity index (χ1n) is 15.0. The maximum atomic E-state index is 12.5. The highest BCUT2D eigenvalue weighted by Crippen LogP contribution is 2.29. The molecule has 0 atom stereocenters. The van der Waals surface area contributed by atoms with Gasteiger partial charge >= 0.3 is 5.97 Å². The molecule has 0 saturated heterocycles. The highest BCUT2D eigenvalue weighted by Gasteiger charge is 2.11. The number of rotatable bonds is 10. The Bertz CT molecular complexity index is 1620. The van der Waals surface area contributed by atoms with Crippen LogP contribution in [0.1, 0.15) is 98.2 Å². The van der Waals surface area contributed by atoms with Gasteiger partial charge < -0.3 is 10.1 Å².